The number of hydrogen-bond acceptors (Lipinski definition) is 7. The van der Waals surface area contributed by atoms with E-state index >= 15 is 0 Å². The third-order valence-corrected chi connectivity index (χ3v) is 4.15. The van der Waals surface area contributed by atoms with Crippen molar-refractivity contribution in [1.29, 1.82) is 0 Å². The highest BCUT2D eigenvalue weighted by Gasteiger charge is 2.16. The molecule has 0 bridgehead atoms. The van der Waals surface area contributed by atoms with Gasteiger partial charge in [-0.05, 0) is 35.9 Å². The summed E-state index contributed by atoms with van der Waals surface area (Å²) in [6.07, 6.45) is 1.61. The van der Waals surface area contributed by atoms with Crippen molar-refractivity contribution in [2.75, 3.05) is 26.6 Å². The van der Waals surface area contributed by atoms with Crippen LogP contribution in [0, 0.1) is 10.1 Å². The van der Waals surface area contributed by atoms with Gasteiger partial charge in [0.05, 0.1) is 37.3 Å². The minimum absolute atomic E-state index is 0.0245. The molecule has 27 heavy (non-hydrogen) atoms. The number of ether oxygens (including phenoxy) is 3. The van der Waals surface area contributed by atoms with Gasteiger partial charge in [-0.25, -0.2) is 0 Å². The van der Waals surface area contributed by atoms with Crippen molar-refractivity contribution in [3.8, 4) is 17.2 Å². The van der Waals surface area contributed by atoms with Crippen LogP contribution in [-0.2, 0) is 6.54 Å². The molecular weight excluding hydrogens is 350 g/mol. The smallest absolute Gasteiger partial charge is 0.278 e. The molecule has 140 valence electrons. The maximum Gasteiger partial charge on any atom is 0.278 e. The Hall–Kier alpha value is -3.55. The fourth-order valence-electron chi connectivity index (χ4n) is 2.89. The average molecular weight is 369 g/mol. The van der Waals surface area contributed by atoms with Crippen LogP contribution in [0.25, 0.3) is 10.9 Å². The molecule has 0 fully saturated rings. The van der Waals surface area contributed by atoms with Gasteiger partial charge in [-0.2, -0.15) is 0 Å². The van der Waals surface area contributed by atoms with E-state index in [2.05, 4.69) is 10.3 Å². The highest BCUT2D eigenvalue weighted by Crippen LogP contribution is 2.38. The standard InChI is InChI=1S/C19H19N3O5/c1-25-16-9-12(10-17(26-2)19(16)27-3)11-21-14-6-7-15(22(23)24)13-5-4-8-20-18(13)14/h4-10,21H,11H2,1-3H3. The van der Waals surface area contributed by atoms with E-state index in [9.17, 15) is 10.1 Å². The van der Waals surface area contributed by atoms with Crippen molar-refractivity contribution in [1.82, 2.24) is 4.98 Å². The lowest BCUT2D eigenvalue weighted by Gasteiger charge is -2.15. The number of methoxy groups -OCH3 is 3. The van der Waals surface area contributed by atoms with E-state index in [0.717, 1.165) is 5.56 Å². The van der Waals surface area contributed by atoms with Crippen molar-refractivity contribution in [2.45, 2.75) is 6.54 Å². The molecule has 1 aromatic heterocycles. The summed E-state index contributed by atoms with van der Waals surface area (Å²) in [6, 6.07) is 10.2. The van der Waals surface area contributed by atoms with E-state index < -0.39 is 4.92 Å². The van der Waals surface area contributed by atoms with Crippen LogP contribution in [0.1, 0.15) is 5.56 Å². The van der Waals surface area contributed by atoms with Gasteiger partial charge in [0.25, 0.3) is 5.69 Å². The number of non-ortho nitro benzene ring substituents is 1. The van der Waals surface area contributed by atoms with Crippen LogP contribution in [0.2, 0.25) is 0 Å². The van der Waals surface area contributed by atoms with Crippen molar-refractivity contribution >= 4 is 22.3 Å². The first-order valence-electron chi connectivity index (χ1n) is 8.14. The van der Waals surface area contributed by atoms with E-state index in [1.165, 1.54) is 6.07 Å². The van der Waals surface area contributed by atoms with Crippen LogP contribution in [0.4, 0.5) is 11.4 Å². The van der Waals surface area contributed by atoms with Gasteiger partial charge in [-0.3, -0.25) is 15.1 Å². The predicted molar refractivity (Wildman–Crippen MR) is 102 cm³/mol. The molecule has 8 heteroatoms. The number of nitro benzene ring substituents is 1. The molecule has 1 heterocycles. The number of aromatic nitrogens is 1. The number of anilines is 1. The Morgan fingerprint density at radius 3 is 2.37 bits per heavy atom. The summed E-state index contributed by atoms with van der Waals surface area (Å²) in [7, 11) is 4.66. The Kier molecular flexibility index (Phi) is 5.25. The fraction of sp³-hybridized carbons (Fsp3) is 0.211. The van der Waals surface area contributed by atoms with Crippen molar-refractivity contribution < 1.29 is 19.1 Å². The zero-order chi connectivity index (χ0) is 19.4. The predicted octanol–water partition coefficient (Wildman–Crippen LogP) is 3.78. The molecule has 3 rings (SSSR count). The van der Waals surface area contributed by atoms with Gasteiger partial charge in [-0.15, -0.1) is 0 Å². The number of fused-ring (bicyclic) bond motifs is 1. The topological polar surface area (TPSA) is 95.8 Å². The second-order valence-corrected chi connectivity index (χ2v) is 5.68. The maximum atomic E-state index is 11.2. The van der Waals surface area contributed by atoms with Gasteiger partial charge < -0.3 is 19.5 Å². The van der Waals surface area contributed by atoms with Crippen LogP contribution in [0.3, 0.4) is 0 Å². The van der Waals surface area contributed by atoms with Crippen LogP contribution >= 0.6 is 0 Å². The minimum atomic E-state index is -0.410. The molecule has 0 radical (unpaired) electrons. The number of nitrogens with zero attached hydrogens (tertiary/aromatic N) is 2. The van der Waals surface area contributed by atoms with Crippen LogP contribution in [0.5, 0.6) is 17.2 Å². The highest BCUT2D eigenvalue weighted by atomic mass is 16.6. The van der Waals surface area contributed by atoms with Gasteiger partial charge in [0.2, 0.25) is 5.75 Å². The zero-order valence-corrected chi connectivity index (χ0v) is 15.2. The molecule has 0 aliphatic heterocycles. The molecule has 0 spiro atoms. The van der Waals surface area contributed by atoms with Crippen LogP contribution in [-0.4, -0.2) is 31.2 Å². The van der Waals surface area contributed by atoms with Gasteiger partial charge in [0.15, 0.2) is 11.5 Å². The lowest BCUT2D eigenvalue weighted by Crippen LogP contribution is -2.03. The van der Waals surface area contributed by atoms with Gasteiger partial charge in [0, 0.05) is 18.8 Å². The number of benzene rings is 2. The number of nitro groups is 1. The molecule has 0 unspecified atom stereocenters. The first-order chi connectivity index (χ1) is 13.1. The third-order valence-electron chi connectivity index (χ3n) is 4.15. The summed E-state index contributed by atoms with van der Waals surface area (Å²) in [5, 5.41) is 15.0. The Balaban J connectivity index is 1.94. The zero-order valence-electron chi connectivity index (χ0n) is 15.2. The van der Waals surface area contributed by atoms with Gasteiger partial charge in [0.1, 0.15) is 5.52 Å². The normalized spacial score (nSPS) is 10.5. The molecular formula is C19H19N3O5. The molecule has 0 saturated heterocycles. The third kappa shape index (κ3) is 3.55. The molecule has 2 aromatic carbocycles. The molecule has 0 aliphatic carbocycles. The Morgan fingerprint density at radius 2 is 1.78 bits per heavy atom. The van der Waals surface area contributed by atoms with E-state index in [1.54, 1.807) is 45.7 Å². The summed E-state index contributed by atoms with van der Waals surface area (Å²) >= 11 is 0. The summed E-state index contributed by atoms with van der Waals surface area (Å²) in [5.74, 6) is 1.63. The first-order valence-corrected chi connectivity index (χ1v) is 8.14. The molecule has 3 aromatic rings. The SMILES string of the molecule is COc1cc(CNc2ccc([N+](=O)[O-])c3cccnc23)cc(OC)c1OC. The second kappa shape index (κ2) is 7.77. The molecule has 0 atom stereocenters. The summed E-state index contributed by atoms with van der Waals surface area (Å²) < 4.78 is 16.1. The average Bonchev–Trinajstić information content (AvgIpc) is 2.70. The molecule has 1 N–H and O–H groups in total. The summed E-state index contributed by atoms with van der Waals surface area (Å²) in [6.45, 7) is 0.445. The monoisotopic (exact) mass is 369 g/mol. The fourth-order valence-corrected chi connectivity index (χ4v) is 2.89. The largest absolute Gasteiger partial charge is 0.493 e. The summed E-state index contributed by atoms with van der Waals surface area (Å²) in [5.41, 5.74) is 2.16. The van der Waals surface area contributed by atoms with Crippen LogP contribution < -0.4 is 19.5 Å². The molecule has 8 nitrogen and oxygen atoms in total. The van der Waals surface area contributed by atoms with E-state index in [1.807, 2.05) is 12.1 Å². The quantitative estimate of drug-likeness (QED) is 0.500. The number of rotatable bonds is 7. The molecule has 0 amide bonds. The highest BCUT2D eigenvalue weighted by molar-refractivity contribution is 5.96. The number of nitrogens with one attached hydrogen (secondary N) is 1. The van der Waals surface area contributed by atoms with Gasteiger partial charge in [-0.1, -0.05) is 0 Å². The Labute approximate surface area is 155 Å². The Bertz CT molecular complexity index is 965. The van der Waals surface area contributed by atoms with E-state index in [-0.39, 0.29) is 5.69 Å². The molecule has 0 aliphatic rings. The number of hydrogen-bond donors (Lipinski definition) is 1. The van der Waals surface area contributed by atoms with Gasteiger partial charge >= 0.3 is 0 Å². The first kappa shape index (κ1) is 18.2. The van der Waals surface area contributed by atoms with Crippen molar-refractivity contribution in [2.24, 2.45) is 0 Å². The van der Waals surface area contributed by atoms with Crippen molar-refractivity contribution in [3.63, 3.8) is 0 Å². The summed E-state index contributed by atoms with van der Waals surface area (Å²) in [4.78, 5) is 15.1. The lowest BCUT2D eigenvalue weighted by atomic mass is 10.1. The minimum Gasteiger partial charge on any atom is -0.493 e. The van der Waals surface area contributed by atoms with Crippen molar-refractivity contribution in [3.05, 3.63) is 58.3 Å². The van der Waals surface area contributed by atoms with E-state index in [0.29, 0.717) is 40.4 Å². The van der Waals surface area contributed by atoms with E-state index in [4.69, 9.17) is 14.2 Å². The lowest BCUT2D eigenvalue weighted by molar-refractivity contribution is -0.383. The maximum absolute atomic E-state index is 11.2. The molecule has 0 saturated carbocycles. The Morgan fingerprint density at radius 1 is 1.07 bits per heavy atom. The van der Waals surface area contributed by atoms with Crippen LogP contribution in [0.15, 0.2) is 42.6 Å². The second-order valence-electron chi connectivity index (χ2n) is 5.68. The number of pyridine rings is 1.